The van der Waals surface area contributed by atoms with Crippen molar-refractivity contribution in [2.45, 2.75) is 38.3 Å². The Kier molecular flexibility index (Phi) is 5.35. The second kappa shape index (κ2) is 7.55. The third kappa shape index (κ3) is 4.76. The van der Waals surface area contributed by atoms with Crippen molar-refractivity contribution in [2.75, 3.05) is 5.75 Å². The number of hydrogen-bond acceptors (Lipinski definition) is 7. The Morgan fingerprint density at radius 3 is 2.74 bits per heavy atom. The van der Waals surface area contributed by atoms with Gasteiger partial charge in [-0.05, 0) is 19.9 Å². The Bertz CT molecular complexity index is 932. The monoisotopic (exact) mass is 400 g/mol. The summed E-state index contributed by atoms with van der Waals surface area (Å²) in [6, 6.07) is 1.47. The van der Waals surface area contributed by atoms with Crippen LogP contribution in [-0.4, -0.2) is 47.2 Å². The molecular formula is C15H15F3N6O2S. The number of carbonyl (C=O) groups is 1. The summed E-state index contributed by atoms with van der Waals surface area (Å²) in [4.78, 5) is 16.2. The average Bonchev–Trinajstić information content (AvgIpc) is 3.30. The number of aryl methyl sites for hydroxylation is 1. The van der Waals surface area contributed by atoms with Gasteiger partial charge in [0.2, 0.25) is 5.89 Å². The fourth-order valence-electron chi connectivity index (χ4n) is 2.52. The van der Waals surface area contributed by atoms with Gasteiger partial charge < -0.3 is 8.98 Å². The molecule has 0 amide bonds. The molecular weight excluding hydrogens is 385 g/mol. The van der Waals surface area contributed by atoms with Crippen LogP contribution < -0.4 is 0 Å². The molecule has 0 spiro atoms. The Hall–Kier alpha value is -2.63. The number of nitrogens with zero attached hydrogens (tertiary/aromatic N) is 6. The summed E-state index contributed by atoms with van der Waals surface area (Å²) < 4.78 is 46.0. The van der Waals surface area contributed by atoms with E-state index in [0.717, 1.165) is 16.3 Å². The maximum Gasteiger partial charge on any atom is 0.406 e. The van der Waals surface area contributed by atoms with Crippen LogP contribution in [-0.2, 0) is 13.1 Å². The molecule has 0 bridgehead atoms. The molecule has 0 atom stereocenters. The molecule has 144 valence electrons. The van der Waals surface area contributed by atoms with Gasteiger partial charge in [-0.2, -0.15) is 18.3 Å². The van der Waals surface area contributed by atoms with E-state index in [4.69, 9.17) is 4.42 Å². The van der Waals surface area contributed by atoms with Gasteiger partial charge >= 0.3 is 6.18 Å². The van der Waals surface area contributed by atoms with Crippen LogP contribution in [0.1, 0.15) is 27.6 Å². The number of carbonyl (C=O) groups excluding carboxylic acids is 1. The summed E-state index contributed by atoms with van der Waals surface area (Å²) in [5.74, 6) is -0.0299. The van der Waals surface area contributed by atoms with Gasteiger partial charge in [-0.25, -0.2) is 9.67 Å². The summed E-state index contributed by atoms with van der Waals surface area (Å²) in [7, 11) is 0. The average molecular weight is 400 g/mol. The Balaban J connectivity index is 1.63. The lowest BCUT2D eigenvalue weighted by Crippen LogP contribution is -2.19. The number of thioether (sulfide) groups is 1. The maximum atomic E-state index is 12.7. The first-order valence-electron chi connectivity index (χ1n) is 7.77. The summed E-state index contributed by atoms with van der Waals surface area (Å²) in [6.45, 7) is 2.16. The molecule has 0 N–H and O–H groups in total. The molecule has 0 saturated carbocycles. The lowest BCUT2D eigenvalue weighted by molar-refractivity contribution is -0.141. The van der Waals surface area contributed by atoms with E-state index in [1.165, 1.54) is 37.3 Å². The smallest absolute Gasteiger partial charge is 0.406 e. The Labute approximate surface area is 155 Å². The number of Topliss-reactive ketones (excluding diaryl/α,β-unsaturated/α-hetero) is 1. The highest BCUT2D eigenvalue weighted by Crippen LogP contribution is 2.25. The van der Waals surface area contributed by atoms with E-state index in [1.807, 2.05) is 0 Å². The Morgan fingerprint density at radius 1 is 1.30 bits per heavy atom. The van der Waals surface area contributed by atoms with Crippen LogP contribution in [0.15, 0.2) is 28.4 Å². The van der Waals surface area contributed by atoms with Crippen LogP contribution in [0.5, 0.6) is 0 Å². The highest BCUT2D eigenvalue weighted by molar-refractivity contribution is 7.99. The molecule has 0 fully saturated rings. The second-order valence-electron chi connectivity index (χ2n) is 5.75. The van der Waals surface area contributed by atoms with Crippen molar-refractivity contribution in [3.05, 3.63) is 41.6 Å². The lowest BCUT2D eigenvalue weighted by Gasteiger charge is -2.12. The number of alkyl halides is 3. The van der Waals surface area contributed by atoms with Gasteiger partial charge in [0.25, 0.3) is 5.22 Å². The zero-order valence-electron chi connectivity index (χ0n) is 14.4. The molecule has 0 saturated heterocycles. The quantitative estimate of drug-likeness (QED) is 0.445. The van der Waals surface area contributed by atoms with Gasteiger partial charge in [-0.15, -0.1) is 10.2 Å². The van der Waals surface area contributed by atoms with Crippen molar-refractivity contribution in [3.63, 3.8) is 0 Å². The van der Waals surface area contributed by atoms with E-state index in [0.29, 0.717) is 11.6 Å². The third-order valence-corrected chi connectivity index (χ3v) is 4.57. The third-order valence-electron chi connectivity index (χ3n) is 3.75. The molecule has 27 heavy (non-hydrogen) atoms. The molecule has 3 aromatic heterocycles. The molecule has 3 aromatic rings. The number of ketones is 1. The van der Waals surface area contributed by atoms with Gasteiger partial charge in [-0.3, -0.25) is 4.79 Å². The molecule has 0 unspecified atom stereocenters. The van der Waals surface area contributed by atoms with E-state index >= 15 is 0 Å². The van der Waals surface area contributed by atoms with Gasteiger partial charge in [0, 0.05) is 17.0 Å². The van der Waals surface area contributed by atoms with Crippen LogP contribution >= 0.6 is 11.8 Å². The molecule has 8 nitrogen and oxygen atoms in total. The zero-order valence-corrected chi connectivity index (χ0v) is 15.2. The number of aromatic nitrogens is 6. The van der Waals surface area contributed by atoms with Gasteiger partial charge in [0.05, 0.1) is 5.75 Å². The molecule has 0 aromatic carbocycles. The first kappa shape index (κ1) is 19.1. The molecule has 0 radical (unpaired) electrons. The van der Waals surface area contributed by atoms with Crippen LogP contribution in [0.25, 0.3) is 0 Å². The van der Waals surface area contributed by atoms with Crippen molar-refractivity contribution < 1.29 is 22.4 Å². The topological polar surface area (TPSA) is 91.6 Å². The van der Waals surface area contributed by atoms with Crippen LogP contribution in [0.4, 0.5) is 13.2 Å². The zero-order chi connectivity index (χ0) is 19.6. The van der Waals surface area contributed by atoms with Crippen molar-refractivity contribution >= 4 is 17.5 Å². The predicted octanol–water partition coefficient (Wildman–Crippen LogP) is 2.67. The van der Waals surface area contributed by atoms with E-state index in [9.17, 15) is 18.0 Å². The fourth-order valence-corrected chi connectivity index (χ4v) is 3.19. The first-order chi connectivity index (χ1) is 12.7. The van der Waals surface area contributed by atoms with Gasteiger partial charge in [0.15, 0.2) is 5.78 Å². The minimum atomic E-state index is -4.35. The van der Waals surface area contributed by atoms with Crippen molar-refractivity contribution in [2.24, 2.45) is 0 Å². The summed E-state index contributed by atoms with van der Waals surface area (Å²) in [5, 5.41) is 11.8. The van der Waals surface area contributed by atoms with Crippen molar-refractivity contribution in [3.8, 4) is 0 Å². The molecule has 3 rings (SSSR count). The lowest BCUT2D eigenvalue weighted by atomic mass is 10.2. The number of rotatable bonds is 7. The standard InChI is InChI=1S/C15H15F3N6O2S/c1-9-3-11(10(2)24(9)6-15(16,17)18)12(25)5-27-14-22-21-13(26-14)4-23-8-19-7-20-23/h3,7-8H,4-6H2,1-2H3. The summed E-state index contributed by atoms with van der Waals surface area (Å²) in [5.41, 5.74) is 0.922. The largest absolute Gasteiger partial charge is 0.414 e. The number of hydrogen-bond donors (Lipinski definition) is 0. The normalized spacial score (nSPS) is 11.9. The predicted molar refractivity (Wildman–Crippen MR) is 88.4 cm³/mol. The van der Waals surface area contributed by atoms with E-state index < -0.39 is 12.7 Å². The SMILES string of the molecule is Cc1cc(C(=O)CSc2nnc(Cn3cncn3)o2)c(C)n1CC(F)(F)F. The van der Waals surface area contributed by atoms with E-state index in [-0.39, 0.29) is 34.6 Å². The van der Waals surface area contributed by atoms with Crippen molar-refractivity contribution in [1.82, 2.24) is 29.5 Å². The first-order valence-corrected chi connectivity index (χ1v) is 8.76. The maximum absolute atomic E-state index is 12.7. The Morgan fingerprint density at radius 2 is 2.07 bits per heavy atom. The molecule has 3 heterocycles. The summed E-state index contributed by atoms with van der Waals surface area (Å²) >= 11 is 1.03. The van der Waals surface area contributed by atoms with E-state index in [2.05, 4.69) is 20.3 Å². The van der Waals surface area contributed by atoms with Gasteiger partial charge in [-0.1, -0.05) is 11.8 Å². The molecule has 0 aliphatic heterocycles. The summed E-state index contributed by atoms with van der Waals surface area (Å²) in [6.07, 6.45) is -1.48. The van der Waals surface area contributed by atoms with Crippen molar-refractivity contribution in [1.29, 1.82) is 0 Å². The molecule has 0 aliphatic carbocycles. The number of halogens is 3. The van der Waals surface area contributed by atoms with E-state index in [1.54, 1.807) is 0 Å². The molecule has 12 heteroatoms. The minimum Gasteiger partial charge on any atom is -0.414 e. The highest BCUT2D eigenvalue weighted by atomic mass is 32.2. The van der Waals surface area contributed by atoms with Gasteiger partial charge in [0.1, 0.15) is 25.7 Å². The fraction of sp³-hybridized carbons (Fsp3) is 0.400. The van der Waals surface area contributed by atoms with Crippen LogP contribution in [0.3, 0.4) is 0 Å². The van der Waals surface area contributed by atoms with Crippen LogP contribution in [0.2, 0.25) is 0 Å². The second-order valence-corrected chi connectivity index (χ2v) is 6.68. The molecule has 0 aliphatic rings. The van der Waals surface area contributed by atoms with Crippen LogP contribution in [0, 0.1) is 13.8 Å². The highest BCUT2D eigenvalue weighted by Gasteiger charge is 2.30. The minimum absolute atomic E-state index is 0.0265.